The number of hydrazine groups is 1. The van der Waals surface area contributed by atoms with E-state index in [-0.39, 0.29) is 11.6 Å². The highest BCUT2D eigenvalue weighted by molar-refractivity contribution is 5.14. The van der Waals surface area contributed by atoms with Crippen LogP contribution in [0.15, 0.2) is 12.3 Å². The Balaban J connectivity index is 2.29. The first kappa shape index (κ1) is 14.5. The summed E-state index contributed by atoms with van der Waals surface area (Å²) in [7, 11) is 1.98. The molecule has 1 fully saturated rings. The van der Waals surface area contributed by atoms with E-state index in [9.17, 15) is 0 Å². The van der Waals surface area contributed by atoms with Crippen LogP contribution in [0.25, 0.3) is 0 Å². The standard InChI is InChI=1S/C14H27N5/c1-4-14(2,19-10-6-5-7-11-19)13(17-15)12-8-9-16-18(12)3/h8-9,13,17H,4-7,10-11,15H2,1-3H3. The number of hydrogen-bond acceptors (Lipinski definition) is 4. The lowest BCUT2D eigenvalue weighted by atomic mass is 9.84. The predicted molar refractivity (Wildman–Crippen MR) is 77.4 cm³/mol. The number of nitrogens with zero attached hydrogens (tertiary/aromatic N) is 3. The van der Waals surface area contributed by atoms with Crippen molar-refractivity contribution in [1.82, 2.24) is 20.1 Å². The van der Waals surface area contributed by atoms with Crippen LogP contribution in [0.1, 0.15) is 51.3 Å². The number of nitrogens with one attached hydrogen (secondary N) is 1. The van der Waals surface area contributed by atoms with Crippen molar-refractivity contribution in [1.29, 1.82) is 0 Å². The van der Waals surface area contributed by atoms with E-state index in [1.165, 1.54) is 32.4 Å². The molecule has 0 radical (unpaired) electrons. The van der Waals surface area contributed by atoms with Crippen molar-refractivity contribution in [2.24, 2.45) is 12.9 Å². The van der Waals surface area contributed by atoms with Crippen molar-refractivity contribution in [2.75, 3.05) is 13.1 Å². The lowest BCUT2D eigenvalue weighted by Crippen LogP contribution is -2.57. The Morgan fingerprint density at radius 2 is 2.11 bits per heavy atom. The Morgan fingerprint density at radius 3 is 2.58 bits per heavy atom. The van der Waals surface area contributed by atoms with Gasteiger partial charge in [-0.2, -0.15) is 5.10 Å². The largest absolute Gasteiger partial charge is 0.296 e. The predicted octanol–water partition coefficient (Wildman–Crippen LogP) is 1.58. The van der Waals surface area contributed by atoms with Gasteiger partial charge in [0.05, 0.1) is 11.7 Å². The first-order chi connectivity index (χ1) is 9.13. The summed E-state index contributed by atoms with van der Waals surface area (Å²) in [6.45, 7) is 6.89. The number of likely N-dealkylation sites (tertiary alicyclic amines) is 1. The molecule has 0 amide bonds. The van der Waals surface area contributed by atoms with E-state index in [1.807, 2.05) is 17.9 Å². The van der Waals surface area contributed by atoms with E-state index in [0.717, 1.165) is 12.1 Å². The zero-order valence-corrected chi connectivity index (χ0v) is 12.4. The van der Waals surface area contributed by atoms with Crippen LogP contribution in [0, 0.1) is 0 Å². The fourth-order valence-corrected chi connectivity index (χ4v) is 3.27. The summed E-state index contributed by atoms with van der Waals surface area (Å²) >= 11 is 0. The maximum atomic E-state index is 5.88. The number of aromatic nitrogens is 2. The number of hydrogen-bond donors (Lipinski definition) is 2. The third-order valence-electron chi connectivity index (χ3n) is 4.74. The summed E-state index contributed by atoms with van der Waals surface area (Å²) in [6.07, 6.45) is 6.83. The fraction of sp³-hybridized carbons (Fsp3) is 0.786. The molecule has 1 aromatic rings. The van der Waals surface area contributed by atoms with Gasteiger partial charge < -0.3 is 0 Å². The smallest absolute Gasteiger partial charge is 0.0809 e. The molecule has 2 heterocycles. The van der Waals surface area contributed by atoms with Crippen molar-refractivity contribution in [3.63, 3.8) is 0 Å². The minimum Gasteiger partial charge on any atom is -0.296 e. The van der Waals surface area contributed by atoms with Gasteiger partial charge in [-0.25, -0.2) is 5.43 Å². The van der Waals surface area contributed by atoms with Crippen LogP contribution >= 0.6 is 0 Å². The van der Waals surface area contributed by atoms with E-state index in [1.54, 1.807) is 0 Å². The van der Waals surface area contributed by atoms with Gasteiger partial charge in [-0.15, -0.1) is 0 Å². The summed E-state index contributed by atoms with van der Waals surface area (Å²) in [5.74, 6) is 5.88. The van der Waals surface area contributed by atoms with Crippen molar-refractivity contribution in [2.45, 2.75) is 51.1 Å². The minimum atomic E-state index is 0.0307. The number of piperidine rings is 1. The van der Waals surface area contributed by atoms with E-state index < -0.39 is 0 Å². The van der Waals surface area contributed by atoms with Gasteiger partial charge in [0.25, 0.3) is 0 Å². The van der Waals surface area contributed by atoms with Crippen LogP contribution in [0.3, 0.4) is 0 Å². The highest BCUT2D eigenvalue weighted by atomic mass is 15.3. The van der Waals surface area contributed by atoms with Gasteiger partial charge in [0, 0.05) is 18.8 Å². The van der Waals surface area contributed by atoms with Gasteiger partial charge in [-0.1, -0.05) is 13.3 Å². The highest BCUT2D eigenvalue weighted by Crippen LogP contribution is 2.35. The van der Waals surface area contributed by atoms with E-state index >= 15 is 0 Å². The molecule has 0 aromatic carbocycles. The van der Waals surface area contributed by atoms with Crippen molar-refractivity contribution in [3.05, 3.63) is 18.0 Å². The fourth-order valence-electron chi connectivity index (χ4n) is 3.27. The normalized spacial score (nSPS) is 22.1. The van der Waals surface area contributed by atoms with Gasteiger partial charge in [-0.3, -0.25) is 15.4 Å². The maximum Gasteiger partial charge on any atom is 0.0809 e. The lowest BCUT2D eigenvalue weighted by molar-refractivity contribution is 0.0400. The van der Waals surface area contributed by atoms with Crippen LogP contribution in [0.2, 0.25) is 0 Å². The third kappa shape index (κ3) is 2.68. The summed E-state index contributed by atoms with van der Waals surface area (Å²) < 4.78 is 1.92. The number of rotatable bonds is 5. The van der Waals surface area contributed by atoms with Gasteiger partial charge in [0.2, 0.25) is 0 Å². The first-order valence-electron chi connectivity index (χ1n) is 7.32. The summed E-state index contributed by atoms with van der Waals surface area (Å²) in [5, 5.41) is 4.28. The molecule has 0 aliphatic carbocycles. The van der Waals surface area contributed by atoms with Crippen molar-refractivity contribution >= 4 is 0 Å². The molecule has 2 unspecified atom stereocenters. The molecule has 19 heavy (non-hydrogen) atoms. The zero-order chi connectivity index (χ0) is 13.9. The van der Waals surface area contributed by atoms with Crippen LogP contribution in [0.4, 0.5) is 0 Å². The third-order valence-corrected chi connectivity index (χ3v) is 4.74. The molecule has 2 atom stereocenters. The summed E-state index contributed by atoms with van der Waals surface area (Å²) in [4.78, 5) is 2.59. The Morgan fingerprint density at radius 1 is 1.42 bits per heavy atom. The maximum absolute atomic E-state index is 5.88. The molecular weight excluding hydrogens is 238 g/mol. The second-order valence-corrected chi connectivity index (χ2v) is 5.74. The van der Waals surface area contributed by atoms with E-state index in [4.69, 9.17) is 5.84 Å². The van der Waals surface area contributed by atoms with Crippen LogP contribution < -0.4 is 11.3 Å². The van der Waals surface area contributed by atoms with Crippen LogP contribution in [-0.2, 0) is 7.05 Å². The molecule has 2 rings (SSSR count). The monoisotopic (exact) mass is 265 g/mol. The first-order valence-corrected chi connectivity index (χ1v) is 7.32. The van der Waals surface area contributed by atoms with E-state index in [0.29, 0.717) is 0 Å². The number of nitrogens with two attached hydrogens (primary N) is 1. The minimum absolute atomic E-state index is 0.0307. The Hall–Kier alpha value is -0.910. The summed E-state index contributed by atoms with van der Waals surface area (Å²) in [6, 6.07) is 2.16. The van der Waals surface area contributed by atoms with Crippen LogP contribution in [-0.4, -0.2) is 33.3 Å². The van der Waals surface area contributed by atoms with Crippen molar-refractivity contribution in [3.8, 4) is 0 Å². The van der Waals surface area contributed by atoms with Gasteiger partial charge in [-0.05, 0) is 45.3 Å². The van der Waals surface area contributed by atoms with Gasteiger partial charge >= 0.3 is 0 Å². The lowest BCUT2D eigenvalue weighted by Gasteiger charge is -2.47. The van der Waals surface area contributed by atoms with E-state index in [2.05, 4.69) is 35.3 Å². The topological polar surface area (TPSA) is 59.1 Å². The quantitative estimate of drug-likeness (QED) is 0.627. The molecule has 0 bridgehead atoms. The molecule has 1 aromatic heterocycles. The molecular formula is C14H27N5. The average Bonchev–Trinajstić information content (AvgIpc) is 2.86. The van der Waals surface area contributed by atoms with Gasteiger partial charge in [0.1, 0.15) is 0 Å². The molecule has 3 N–H and O–H groups in total. The second-order valence-electron chi connectivity index (χ2n) is 5.74. The molecule has 1 aliphatic heterocycles. The molecule has 1 aliphatic rings. The molecule has 0 saturated carbocycles. The molecule has 1 saturated heterocycles. The zero-order valence-electron chi connectivity index (χ0n) is 12.4. The number of aryl methyl sites for hydroxylation is 1. The molecule has 0 spiro atoms. The molecule has 108 valence electrons. The van der Waals surface area contributed by atoms with Crippen LogP contribution in [0.5, 0.6) is 0 Å². The van der Waals surface area contributed by atoms with Gasteiger partial charge in [0.15, 0.2) is 0 Å². The Bertz CT molecular complexity index is 396. The molecule has 5 nitrogen and oxygen atoms in total. The SMILES string of the molecule is CCC(C)(C(NN)c1ccnn1C)N1CCCCC1. The Labute approximate surface area is 116 Å². The Kier molecular flexibility index (Phi) is 4.60. The van der Waals surface area contributed by atoms with Crippen molar-refractivity contribution < 1.29 is 0 Å². The molecule has 5 heteroatoms. The summed E-state index contributed by atoms with van der Waals surface area (Å²) in [5.41, 5.74) is 4.21. The highest BCUT2D eigenvalue weighted by Gasteiger charge is 2.40. The second kappa shape index (κ2) is 6.03. The average molecular weight is 265 g/mol.